The monoisotopic (exact) mass is 450 g/mol. The number of hydrogen-bond donors (Lipinski definition) is 3. The standard InChI is InChI=1S/C12H25NO4.C10H21NO3/c1-12(2,3)17-11(14)7-6-10(13-4)8-16-9-15-5;1-10(2,3)14-9(13)6-5-8(7-12)11-4/h10,13H,6-9H2,1-5H3;8,11-12H,5-7H2,1-4H3/t10-;8-/m11/s1. The summed E-state index contributed by atoms with van der Waals surface area (Å²) >= 11 is 0. The van der Waals surface area contributed by atoms with Gasteiger partial charge in [-0.3, -0.25) is 9.59 Å². The molecule has 31 heavy (non-hydrogen) atoms. The highest BCUT2D eigenvalue weighted by atomic mass is 16.7. The van der Waals surface area contributed by atoms with E-state index in [1.807, 2.05) is 48.6 Å². The summed E-state index contributed by atoms with van der Waals surface area (Å²) in [5, 5.41) is 14.9. The number of nitrogens with one attached hydrogen (secondary N) is 2. The minimum atomic E-state index is -0.425. The van der Waals surface area contributed by atoms with Crippen molar-refractivity contribution in [1.82, 2.24) is 10.6 Å². The van der Waals surface area contributed by atoms with E-state index in [4.69, 9.17) is 24.1 Å². The van der Waals surface area contributed by atoms with Gasteiger partial charge in [0, 0.05) is 32.0 Å². The van der Waals surface area contributed by atoms with Crippen LogP contribution in [0.15, 0.2) is 0 Å². The van der Waals surface area contributed by atoms with Gasteiger partial charge in [0.1, 0.15) is 18.0 Å². The molecule has 0 amide bonds. The molecule has 0 aromatic heterocycles. The van der Waals surface area contributed by atoms with Gasteiger partial charge in [0.2, 0.25) is 0 Å². The second kappa shape index (κ2) is 17.3. The summed E-state index contributed by atoms with van der Waals surface area (Å²) in [5.74, 6) is -0.393. The van der Waals surface area contributed by atoms with Gasteiger partial charge in [0.25, 0.3) is 0 Å². The molecule has 0 aromatic carbocycles. The first-order valence-electron chi connectivity index (χ1n) is 10.7. The number of methoxy groups -OCH3 is 1. The molecule has 0 aliphatic carbocycles. The van der Waals surface area contributed by atoms with Gasteiger partial charge in [0.15, 0.2) is 0 Å². The Bertz CT molecular complexity index is 469. The maximum Gasteiger partial charge on any atom is 0.306 e. The molecule has 9 heteroatoms. The van der Waals surface area contributed by atoms with E-state index < -0.39 is 11.2 Å². The first-order valence-corrected chi connectivity index (χ1v) is 10.7. The highest BCUT2D eigenvalue weighted by Gasteiger charge is 2.18. The van der Waals surface area contributed by atoms with Crippen LogP contribution in [0.3, 0.4) is 0 Å². The zero-order valence-corrected chi connectivity index (χ0v) is 21.0. The number of hydrogen-bond acceptors (Lipinski definition) is 9. The summed E-state index contributed by atoms with van der Waals surface area (Å²) in [6.45, 7) is 11.9. The summed E-state index contributed by atoms with van der Waals surface area (Å²) in [6.07, 6.45) is 2.01. The molecule has 186 valence electrons. The molecule has 0 aromatic rings. The second-order valence-electron chi connectivity index (χ2n) is 9.18. The predicted octanol–water partition coefficient (Wildman–Crippen LogP) is 2.01. The van der Waals surface area contributed by atoms with Crippen LogP contribution in [0, 0.1) is 0 Å². The first kappa shape index (κ1) is 31.9. The van der Waals surface area contributed by atoms with Crippen LogP contribution in [0.25, 0.3) is 0 Å². The Morgan fingerprint density at radius 3 is 1.58 bits per heavy atom. The van der Waals surface area contributed by atoms with Crippen LogP contribution in [0.1, 0.15) is 67.2 Å². The smallest absolute Gasteiger partial charge is 0.306 e. The van der Waals surface area contributed by atoms with Crippen LogP contribution in [0.4, 0.5) is 0 Å². The van der Waals surface area contributed by atoms with Crippen molar-refractivity contribution in [3.05, 3.63) is 0 Å². The van der Waals surface area contributed by atoms with Gasteiger partial charge < -0.3 is 34.7 Å². The Morgan fingerprint density at radius 1 is 0.839 bits per heavy atom. The van der Waals surface area contributed by atoms with Crippen LogP contribution >= 0.6 is 0 Å². The Labute approximate surface area is 188 Å². The topological polar surface area (TPSA) is 115 Å². The normalized spacial score (nSPS) is 13.6. The lowest BCUT2D eigenvalue weighted by molar-refractivity contribution is -0.156. The SMILES string of the molecule is CN[C@@H](CO)CCC(=O)OC(C)(C)C.CN[C@H](CCC(=O)OC(C)(C)C)COCOC. The molecule has 0 unspecified atom stereocenters. The van der Waals surface area contributed by atoms with Crippen molar-refractivity contribution in [3.63, 3.8) is 0 Å². The minimum Gasteiger partial charge on any atom is -0.460 e. The highest BCUT2D eigenvalue weighted by molar-refractivity contribution is 5.70. The molecule has 0 spiro atoms. The highest BCUT2D eigenvalue weighted by Crippen LogP contribution is 2.11. The average Bonchev–Trinajstić information content (AvgIpc) is 2.63. The van der Waals surface area contributed by atoms with Crippen LogP contribution in [-0.4, -0.2) is 81.5 Å². The number of rotatable bonds is 13. The molecule has 0 saturated heterocycles. The lowest BCUT2D eigenvalue weighted by Gasteiger charge is -2.21. The molecule has 0 rings (SSSR count). The van der Waals surface area contributed by atoms with E-state index in [1.54, 1.807) is 14.2 Å². The van der Waals surface area contributed by atoms with E-state index in [2.05, 4.69) is 10.6 Å². The van der Waals surface area contributed by atoms with Gasteiger partial charge in [-0.15, -0.1) is 0 Å². The first-order chi connectivity index (χ1) is 14.3. The number of carbonyl (C=O) groups is 2. The molecular formula is C22H46N2O7. The Hall–Kier alpha value is -1.26. The van der Waals surface area contributed by atoms with E-state index >= 15 is 0 Å². The Balaban J connectivity index is 0. The molecule has 0 bridgehead atoms. The molecule has 0 radical (unpaired) electrons. The maximum atomic E-state index is 11.5. The number of carbonyl (C=O) groups excluding carboxylic acids is 2. The lowest BCUT2D eigenvalue weighted by atomic mass is 10.1. The van der Waals surface area contributed by atoms with Crippen LogP contribution in [-0.2, 0) is 28.5 Å². The summed E-state index contributed by atoms with van der Waals surface area (Å²) in [5.41, 5.74) is -0.843. The molecule has 2 atom stereocenters. The molecule has 9 nitrogen and oxygen atoms in total. The van der Waals surface area contributed by atoms with Crippen molar-refractivity contribution in [2.45, 2.75) is 90.5 Å². The summed E-state index contributed by atoms with van der Waals surface area (Å²) in [4.78, 5) is 22.8. The van der Waals surface area contributed by atoms with Gasteiger partial charge >= 0.3 is 11.9 Å². The van der Waals surface area contributed by atoms with Crippen molar-refractivity contribution in [1.29, 1.82) is 0 Å². The molecule has 0 fully saturated rings. The van der Waals surface area contributed by atoms with Crippen molar-refractivity contribution < 1.29 is 33.6 Å². The van der Waals surface area contributed by atoms with Crippen molar-refractivity contribution >= 4 is 11.9 Å². The lowest BCUT2D eigenvalue weighted by Crippen LogP contribution is -2.32. The fraction of sp³-hybridized carbons (Fsp3) is 0.909. The van der Waals surface area contributed by atoms with Crippen molar-refractivity contribution in [3.8, 4) is 0 Å². The minimum absolute atomic E-state index is 0.0254. The fourth-order valence-corrected chi connectivity index (χ4v) is 2.28. The molecular weight excluding hydrogens is 404 g/mol. The zero-order chi connectivity index (χ0) is 24.5. The molecule has 0 saturated carbocycles. The largest absolute Gasteiger partial charge is 0.460 e. The molecule has 0 heterocycles. The van der Waals surface area contributed by atoms with Gasteiger partial charge in [-0.1, -0.05) is 0 Å². The Kier molecular flexibility index (Phi) is 17.8. The van der Waals surface area contributed by atoms with E-state index in [1.165, 1.54) is 0 Å². The number of likely N-dealkylation sites (N-methyl/N-ethyl adjacent to an activating group) is 2. The van der Waals surface area contributed by atoms with Gasteiger partial charge in [-0.2, -0.15) is 0 Å². The van der Waals surface area contributed by atoms with Gasteiger partial charge in [-0.05, 0) is 68.5 Å². The molecule has 0 aliphatic rings. The van der Waals surface area contributed by atoms with E-state index in [0.717, 1.165) is 0 Å². The number of aliphatic hydroxyl groups is 1. The van der Waals surface area contributed by atoms with Crippen molar-refractivity contribution in [2.24, 2.45) is 0 Å². The van der Waals surface area contributed by atoms with Crippen LogP contribution in [0.2, 0.25) is 0 Å². The summed E-state index contributed by atoms with van der Waals surface area (Å²) in [6, 6.07) is 0.111. The third-order valence-corrected chi connectivity index (χ3v) is 3.79. The number of ether oxygens (including phenoxy) is 4. The van der Waals surface area contributed by atoms with Crippen molar-refractivity contribution in [2.75, 3.05) is 41.2 Å². The fourth-order valence-electron chi connectivity index (χ4n) is 2.28. The summed E-state index contributed by atoms with van der Waals surface area (Å²) in [7, 11) is 5.18. The van der Waals surface area contributed by atoms with E-state index in [-0.39, 0.29) is 37.4 Å². The Morgan fingerprint density at radius 2 is 1.26 bits per heavy atom. The number of aliphatic hydroxyl groups excluding tert-OH is 1. The third kappa shape index (κ3) is 23.2. The molecule has 3 N–H and O–H groups in total. The van der Waals surface area contributed by atoms with E-state index in [0.29, 0.717) is 32.3 Å². The maximum absolute atomic E-state index is 11.5. The molecule has 0 aliphatic heterocycles. The van der Waals surface area contributed by atoms with E-state index in [9.17, 15) is 9.59 Å². The van der Waals surface area contributed by atoms with Gasteiger partial charge in [-0.25, -0.2) is 0 Å². The van der Waals surface area contributed by atoms with Crippen LogP contribution < -0.4 is 10.6 Å². The third-order valence-electron chi connectivity index (χ3n) is 3.79. The zero-order valence-electron chi connectivity index (χ0n) is 21.0. The number of esters is 2. The predicted molar refractivity (Wildman–Crippen MR) is 121 cm³/mol. The van der Waals surface area contributed by atoms with Gasteiger partial charge in [0.05, 0.1) is 13.2 Å². The quantitative estimate of drug-likeness (QED) is 0.220. The summed E-state index contributed by atoms with van der Waals surface area (Å²) < 4.78 is 20.4. The average molecular weight is 451 g/mol. The van der Waals surface area contributed by atoms with Crippen LogP contribution in [0.5, 0.6) is 0 Å². The second-order valence-corrected chi connectivity index (χ2v) is 9.18.